The molecule has 0 aliphatic heterocycles. The van der Waals surface area contributed by atoms with Gasteiger partial charge in [0.15, 0.2) is 11.5 Å². The Morgan fingerprint density at radius 1 is 1.05 bits per heavy atom. The highest BCUT2D eigenvalue weighted by Gasteiger charge is 2.12. The number of hydrogen-bond acceptors (Lipinski definition) is 3. The van der Waals surface area contributed by atoms with Crippen LogP contribution in [0.2, 0.25) is 0 Å². The van der Waals surface area contributed by atoms with Gasteiger partial charge in [0.05, 0.1) is 14.2 Å². The molecule has 2 rings (SSSR count). The first-order valence-electron chi connectivity index (χ1n) is 6.32. The molecule has 0 unspecified atom stereocenters. The van der Waals surface area contributed by atoms with Gasteiger partial charge in [0, 0.05) is 6.54 Å². The van der Waals surface area contributed by atoms with E-state index in [1.807, 2.05) is 18.2 Å². The monoisotopic (exact) mass is 275 g/mol. The van der Waals surface area contributed by atoms with E-state index in [4.69, 9.17) is 15.2 Å². The molecule has 4 heteroatoms. The zero-order chi connectivity index (χ0) is 14.7. The van der Waals surface area contributed by atoms with Gasteiger partial charge in [0.25, 0.3) is 0 Å². The molecule has 0 bridgehead atoms. The van der Waals surface area contributed by atoms with Crippen molar-refractivity contribution in [2.24, 2.45) is 5.73 Å². The molecule has 0 aromatic heterocycles. The van der Waals surface area contributed by atoms with Crippen LogP contribution in [0.5, 0.6) is 11.5 Å². The number of ether oxygens (including phenoxy) is 2. The van der Waals surface area contributed by atoms with Crippen molar-refractivity contribution in [3.8, 4) is 22.6 Å². The van der Waals surface area contributed by atoms with Gasteiger partial charge in [-0.3, -0.25) is 0 Å². The zero-order valence-electron chi connectivity index (χ0n) is 11.9. The molecule has 2 aromatic carbocycles. The molecule has 0 spiro atoms. The van der Waals surface area contributed by atoms with Crippen LogP contribution < -0.4 is 15.2 Å². The van der Waals surface area contributed by atoms with Crippen molar-refractivity contribution < 1.29 is 13.9 Å². The van der Waals surface area contributed by atoms with E-state index in [1.165, 1.54) is 6.07 Å². The number of halogens is 1. The zero-order valence-corrected chi connectivity index (χ0v) is 11.9. The molecule has 0 aliphatic carbocycles. The third-order valence-electron chi connectivity index (χ3n) is 3.31. The van der Waals surface area contributed by atoms with Gasteiger partial charge in [-0.15, -0.1) is 0 Å². The molecule has 0 fully saturated rings. The molecular formula is C16H18FNO2. The van der Waals surface area contributed by atoms with E-state index in [1.54, 1.807) is 27.2 Å². The van der Waals surface area contributed by atoms with E-state index < -0.39 is 0 Å². The van der Waals surface area contributed by atoms with E-state index in [9.17, 15) is 4.39 Å². The van der Waals surface area contributed by atoms with Crippen LogP contribution in [0.3, 0.4) is 0 Å². The maximum absolute atomic E-state index is 13.7. The molecule has 2 aromatic rings. The van der Waals surface area contributed by atoms with E-state index in [2.05, 4.69) is 0 Å². The van der Waals surface area contributed by atoms with Gasteiger partial charge in [-0.25, -0.2) is 4.39 Å². The molecule has 106 valence electrons. The summed E-state index contributed by atoms with van der Waals surface area (Å²) in [5.74, 6) is 0.977. The van der Waals surface area contributed by atoms with Crippen LogP contribution in [0.4, 0.5) is 4.39 Å². The van der Waals surface area contributed by atoms with E-state index >= 15 is 0 Å². The highest BCUT2D eigenvalue weighted by molar-refractivity contribution is 5.71. The summed E-state index contributed by atoms with van der Waals surface area (Å²) in [7, 11) is 3.14. The Balaban J connectivity index is 2.62. The Morgan fingerprint density at radius 2 is 1.70 bits per heavy atom. The van der Waals surface area contributed by atoms with Crippen molar-refractivity contribution in [3.63, 3.8) is 0 Å². The molecule has 20 heavy (non-hydrogen) atoms. The van der Waals surface area contributed by atoms with Gasteiger partial charge in [-0.05, 0) is 47.4 Å². The Bertz CT molecular complexity index is 626. The molecule has 0 radical (unpaired) electrons. The predicted molar refractivity (Wildman–Crippen MR) is 77.6 cm³/mol. The summed E-state index contributed by atoms with van der Waals surface area (Å²) in [6.45, 7) is 2.07. The Labute approximate surface area is 118 Å². The Morgan fingerprint density at radius 3 is 2.25 bits per heavy atom. The summed E-state index contributed by atoms with van der Waals surface area (Å²) in [4.78, 5) is 0. The Kier molecular flexibility index (Phi) is 4.25. The van der Waals surface area contributed by atoms with Crippen LogP contribution in [-0.4, -0.2) is 14.2 Å². The first-order chi connectivity index (χ1) is 9.60. The molecule has 0 amide bonds. The van der Waals surface area contributed by atoms with E-state index in [0.717, 1.165) is 16.7 Å². The third-order valence-corrected chi connectivity index (χ3v) is 3.31. The number of methoxy groups -OCH3 is 2. The minimum atomic E-state index is -0.236. The van der Waals surface area contributed by atoms with Crippen molar-refractivity contribution >= 4 is 0 Å². The van der Waals surface area contributed by atoms with Crippen LogP contribution in [0.15, 0.2) is 30.3 Å². The van der Waals surface area contributed by atoms with Crippen molar-refractivity contribution in [3.05, 3.63) is 47.3 Å². The fourth-order valence-electron chi connectivity index (χ4n) is 2.12. The quantitative estimate of drug-likeness (QED) is 0.931. The van der Waals surface area contributed by atoms with Crippen molar-refractivity contribution in [1.82, 2.24) is 0 Å². The first kappa shape index (κ1) is 14.3. The van der Waals surface area contributed by atoms with Crippen molar-refractivity contribution in [1.29, 1.82) is 0 Å². The number of aryl methyl sites for hydroxylation is 1. The lowest BCUT2D eigenvalue weighted by atomic mass is 9.97. The van der Waals surface area contributed by atoms with Gasteiger partial charge in [-0.2, -0.15) is 0 Å². The number of hydrogen-bond donors (Lipinski definition) is 1. The minimum absolute atomic E-state index is 0.236. The highest BCUT2D eigenvalue weighted by Crippen LogP contribution is 2.36. The first-order valence-corrected chi connectivity index (χ1v) is 6.32. The summed E-state index contributed by atoms with van der Waals surface area (Å²) in [5.41, 5.74) is 8.90. The summed E-state index contributed by atoms with van der Waals surface area (Å²) >= 11 is 0. The second-order valence-electron chi connectivity index (χ2n) is 4.53. The van der Waals surface area contributed by atoms with Crippen LogP contribution in [0.25, 0.3) is 11.1 Å². The number of benzene rings is 2. The molecule has 2 N–H and O–H groups in total. The lowest BCUT2D eigenvalue weighted by molar-refractivity contribution is 0.354. The standard InChI is InChI=1S/C16H18FNO2/c1-10-4-5-11(6-14(10)17)13-8-16(20-3)15(19-2)7-12(13)9-18/h4-8H,9,18H2,1-3H3. The second kappa shape index (κ2) is 5.92. The summed E-state index contributed by atoms with van der Waals surface area (Å²) in [6, 6.07) is 8.79. The molecule has 0 atom stereocenters. The van der Waals surface area contributed by atoms with Gasteiger partial charge in [0.1, 0.15) is 5.82 Å². The molecule has 3 nitrogen and oxygen atoms in total. The lowest BCUT2D eigenvalue weighted by Crippen LogP contribution is -2.02. The largest absolute Gasteiger partial charge is 0.493 e. The molecule has 0 saturated carbocycles. The maximum Gasteiger partial charge on any atom is 0.161 e. The predicted octanol–water partition coefficient (Wildman–Crippen LogP) is 3.28. The van der Waals surface area contributed by atoms with Crippen LogP contribution in [0.1, 0.15) is 11.1 Å². The smallest absolute Gasteiger partial charge is 0.161 e. The summed E-state index contributed by atoms with van der Waals surface area (Å²) in [5, 5.41) is 0. The molecule has 0 aliphatic rings. The highest BCUT2D eigenvalue weighted by atomic mass is 19.1. The topological polar surface area (TPSA) is 44.5 Å². The molecular weight excluding hydrogens is 257 g/mol. The average molecular weight is 275 g/mol. The van der Waals surface area contributed by atoms with Crippen LogP contribution in [0, 0.1) is 12.7 Å². The Hall–Kier alpha value is -2.07. The minimum Gasteiger partial charge on any atom is -0.493 e. The second-order valence-corrected chi connectivity index (χ2v) is 4.53. The fraction of sp³-hybridized carbons (Fsp3) is 0.250. The summed E-state index contributed by atoms with van der Waals surface area (Å²) < 4.78 is 24.3. The maximum atomic E-state index is 13.7. The van der Waals surface area contributed by atoms with Crippen LogP contribution >= 0.6 is 0 Å². The van der Waals surface area contributed by atoms with Gasteiger partial charge >= 0.3 is 0 Å². The SMILES string of the molecule is COc1cc(CN)c(-c2ccc(C)c(F)c2)cc1OC. The summed E-state index contributed by atoms with van der Waals surface area (Å²) in [6.07, 6.45) is 0. The lowest BCUT2D eigenvalue weighted by Gasteiger charge is -2.14. The van der Waals surface area contributed by atoms with Crippen LogP contribution in [-0.2, 0) is 6.54 Å². The number of nitrogens with two attached hydrogens (primary N) is 1. The van der Waals surface area contributed by atoms with E-state index in [-0.39, 0.29) is 5.82 Å². The third kappa shape index (κ3) is 2.60. The fourth-order valence-corrected chi connectivity index (χ4v) is 2.12. The average Bonchev–Trinajstić information content (AvgIpc) is 2.48. The normalized spacial score (nSPS) is 10.4. The van der Waals surface area contributed by atoms with Gasteiger partial charge in [-0.1, -0.05) is 12.1 Å². The van der Waals surface area contributed by atoms with E-state index in [0.29, 0.717) is 23.6 Å². The van der Waals surface area contributed by atoms with Crippen molar-refractivity contribution in [2.45, 2.75) is 13.5 Å². The number of rotatable bonds is 4. The van der Waals surface area contributed by atoms with Crippen molar-refractivity contribution in [2.75, 3.05) is 14.2 Å². The van der Waals surface area contributed by atoms with Gasteiger partial charge < -0.3 is 15.2 Å². The molecule has 0 heterocycles. The van der Waals surface area contributed by atoms with Gasteiger partial charge in [0.2, 0.25) is 0 Å². The molecule has 0 saturated heterocycles.